The summed E-state index contributed by atoms with van der Waals surface area (Å²) in [5, 5.41) is 9.82. The first-order valence-electron chi connectivity index (χ1n) is 14.2. The summed E-state index contributed by atoms with van der Waals surface area (Å²) >= 11 is 0. The third-order valence-electron chi connectivity index (χ3n) is 8.02. The molecule has 5 unspecified atom stereocenters. The third-order valence-corrected chi connectivity index (χ3v) is 8.02. The molecule has 2 rings (SSSR count). The van der Waals surface area contributed by atoms with Crippen LogP contribution in [0.4, 0.5) is 0 Å². The fraction of sp³-hybridized carbons (Fsp3) is 0.667. The lowest BCUT2D eigenvalue weighted by molar-refractivity contribution is -0.157. The average Bonchev–Trinajstić information content (AvgIpc) is 2.93. The van der Waals surface area contributed by atoms with Crippen LogP contribution in [-0.2, 0) is 23.9 Å². The predicted octanol–water partition coefficient (Wildman–Crippen LogP) is 5.23. The molecule has 0 saturated heterocycles. The Bertz CT molecular complexity index is 1000. The van der Waals surface area contributed by atoms with Gasteiger partial charge in [0.1, 0.15) is 12.1 Å². The van der Waals surface area contributed by atoms with Gasteiger partial charge in [0.15, 0.2) is 11.5 Å². The highest BCUT2D eigenvalue weighted by molar-refractivity contribution is 5.79. The van der Waals surface area contributed by atoms with Crippen molar-refractivity contribution in [2.24, 2.45) is 29.4 Å². The number of carbonyl (C=O) groups excluding carboxylic acids is 3. The Morgan fingerprint density at radius 3 is 1.95 bits per heavy atom. The standard InChI is InChI=1S/C30H45NO8/c1-7-17(3)28(34)38-23-15-14-22(16-24(23)39-29(35)18(4)8-2)25(26(31)27(32)33)19(5)20(6)37-30(36)21-12-10-9-11-13-21/h14-21,25-26H,7-13,31H2,1-6H3,(H,32,33)/t17?,18?,19?,20?,25?,26-/m0/s1. The van der Waals surface area contributed by atoms with Gasteiger partial charge in [0.2, 0.25) is 0 Å². The molecule has 0 amide bonds. The minimum absolute atomic E-state index is 0.0103. The Labute approximate surface area is 231 Å². The van der Waals surface area contributed by atoms with Crippen LogP contribution >= 0.6 is 0 Å². The zero-order chi connectivity index (χ0) is 29.3. The molecular weight excluding hydrogens is 502 g/mol. The molecule has 0 aromatic heterocycles. The maximum Gasteiger partial charge on any atom is 0.321 e. The van der Waals surface area contributed by atoms with Gasteiger partial charge in [-0.3, -0.25) is 19.2 Å². The highest BCUT2D eigenvalue weighted by Gasteiger charge is 2.37. The molecular formula is C30H45NO8. The number of carboxylic acid groups (broad SMARTS) is 1. The SMILES string of the molecule is CCC(C)C(=O)Oc1ccc(C(C(C)C(C)OC(=O)C2CCCCC2)[C@H](N)C(=O)O)cc1OC(=O)C(C)CC. The summed E-state index contributed by atoms with van der Waals surface area (Å²) in [6.07, 6.45) is 5.17. The zero-order valence-corrected chi connectivity index (χ0v) is 24.1. The molecule has 218 valence electrons. The summed E-state index contributed by atoms with van der Waals surface area (Å²) in [4.78, 5) is 50.0. The predicted molar refractivity (Wildman–Crippen MR) is 146 cm³/mol. The van der Waals surface area contributed by atoms with Crippen molar-refractivity contribution in [1.29, 1.82) is 0 Å². The van der Waals surface area contributed by atoms with E-state index in [0.29, 0.717) is 18.4 Å². The van der Waals surface area contributed by atoms with Gasteiger partial charge in [-0.2, -0.15) is 0 Å². The first kappa shape index (κ1) is 32.3. The maximum atomic E-state index is 12.8. The van der Waals surface area contributed by atoms with E-state index in [1.165, 1.54) is 12.1 Å². The Kier molecular flexibility index (Phi) is 12.4. The molecule has 0 radical (unpaired) electrons. The fourth-order valence-corrected chi connectivity index (χ4v) is 4.66. The fourth-order valence-electron chi connectivity index (χ4n) is 4.66. The molecule has 39 heavy (non-hydrogen) atoms. The van der Waals surface area contributed by atoms with E-state index >= 15 is 0 Å². The second-order valence-corrected chi connectivity index (χ2v) is 10.9. The number of esters is 3. The summed E-state index contributed by atoms with van der Waals surface area (Å²) in [5.74, 6) is -4.59. The van der Waals surface area contributed by atoms with E-state index < -0.39 is 47.8 Å². The molecule has 3 N–H and O–H groups in total. The Morgan fingerprint density at radius 2 is 1.44 bits per heavy atom. The van der Waals surface area contributed by atoms with Gasteiger partial charge in [-0.25, -0.2) is 0 Å². The normalized spacial score (nSPS) is 18.6. The van der Waals surface area contributed by atoms with Crippen LogP contribution in [0.3, 0.4) is 0 Å². The quantitative estimate of drug-likeness (QED) is 0.250. The van der Waals surface area contributed by atoms with Gasteiger partial charge >= 0.3 is 23.9 Å². The lowest BCUT2D eigenvalue weighted by Crippen LogP contribution is -2.43. The van der Waals surface area contributed by atoms with Gasteiger partial charge in [0.05, 0.1) is 17.8 Å². The molecule has 0 aliphatic heterocycles. The van der Waals surface area contributed by atoms with Crippen molar-refractivity contribution in [3.05, 3.63) is 23.8 Å². The number of carboxylic acids is 1. The summed E-state index contributed by atoms with van der Waals surface area (Å²) in [6.45, 7) is 10.7. The largest absolute Gasteiger partial charge is 0.480 e. The Hall–Kier alpha value is -2.94. The van der Waals surface area contributed by atoms with Crippen LogP contribution < -0.4 is 15.2 Å². The van der Waals surface area contributed by atoms with Crippen LogP contribution in [-0.4, -0.2) is 41.1 Å². The van der Waals surface area contributed by atoms with E-state index in [0.717, 1.165) is 32.1 Å². The number of nitrogens with two attached hydrogens (primary N) is 1. The minimum Gasteiger partial charge on any atom is -0.480 e. The summed E-state index contributed by atoms with van der Waals surface area (Å²) < 4.78 is 17.0. The highest BCUT2D eigenvalue weighted by Crippen LogP contribution is 2.38. The smallest absolute Gasteiger partial charge is 0.321 e. The van der Waals surface area contributed by atoms with Gasteiger partial charge in [0.25, 0.3) is 0 Å². The first-order chi connectivity index (χ1) is 18.4. The molecule has 0 bridgehead atoms. The van der Waals surface area contributed by atoms with Gasteiger partial charge in [0, 0.05) is 11.8 Å². The number of benzene rings is 1. The van der Waals surface area contributed by atoms with Crippen molar-refractivity contribution in [3.63, 3.8) is 0 Å². The highest BCUT2D eigenvalue weighted by atomic mass is 16.6. The molecule has 0 spiro atoms. The molecule has 1 aliphatic carbocycles. The number of rotatable bonds is 13. The van der Waals surface area contributed by atoms with E-state index in [4.69, 9.17) is 19.9 Å². The van der Waals surface area contributed by atoms with E-state index in [-0.39, 0.29) is 29.3 Å². The lowest BCUT2D eigenvalue weighted by Gasteiger charge is -2.33. The van der Waals surface area contributed by atoms with Crippen LogP contribution in [0.25, 0.3) is 0 Å². The van der Waals surface area contributed by atoms with Crippen LogP contribution in [0.5, 0.6) is 11.5 Å². The lowest BCUT2D eigenvalue weighted by atomic mass is 9.79. The minimum atomic E-state index is -1.33. The molecule has 1 aromatic rings. The van der Waals surface area contributed by atoms with Crippen molar-refractivity contribution >= 4 is 23.9 Å². The van der Waals surface area contributed by atoms with E-state index in [2.05, 4.69) is 0 Å². The van der Waals surface area contributed by atoms with Gasteiger partial charge in [-0.1, -0.05) is 59.9 Å². The van der Waals surface area contributed by atoms with Crippen LogP contribution in [0.2, 0.25) is 0 Å². The molecule has 1 saturated carbocycles. The van der Waals surface area contributed by atoms with E-state index in [1.807, 2.05) is 13.8 Å². The van der Waals surface area contributed by atoms with Crippen molar-refractivity contribution in [1.82, 2.24) is 0 Å². The molecule has 0 heterocycles. The average molecular weight is 548 g/mol. The molecule has 1 aliphatic rings. The summed E-state index contributed by atoms with van der Waals surface area (Å²) in [7, 11) is 0. The first-order valence-corrected chi connectivity index (χ1v) is 14.2. The van der Waals surface area contributed by atoms with Crippen molar-refractivity contribution in [3.8, 4) is 11.5 Å². The molecule has 1 aromatic carbocycles. The number of aliphatic carboxylic acids is 1. The number of hydrogen-bond donors (Lipinski definition) is 2. The second-order valence-electron chi connectivity index (χ2n) is 10.9. The number of ether oxygens (including phenoxy) is 3. The summed E-state index contributed by atoms with van der Waals surface area (Å²) in [5.41, 5.74) is 6.64. The maximum absolute atomic E-state index is 12.8. The Morgan fingerprint density at radius 1 is 0.897 bits per heavy atom. The van der Waals surface area contributed by atoms with Crippen LogP contribution in [0.1, 0.15) is 98.0 Å². The van der Waals surface area contributed by atoms with E-state index in [9.17, 15) is 24.3 Å². The van der Waals surface area contributed by atoms with Crippen LogP contribution in [0, 0.1) is 23.7 Å². The van der Waals surface area contributed by atoms with Gasteiger partial charge < -0.3 is 25.1 Å². The van der Waals surface area contributed by atoms with Gasteiger partial charge in [-0.15, -0.1) is 0 Å². The second kappa shape index (κ2) is 15.0. The molecule has 9 heteroatoms. The molecule has 6 atom stereocenters. The van der Waals surface area contributed by atoms with E-state index in [1.54, 1.807) is 33.8 Å². The number of carbonyl (C=O) groups is 4. The van der Waals surface area contributed by atoms with Crippen molar-refractivity contribution in [2.75, 3.05) is 0 Å². The van der Waals surface area contributed by atoms with Gasteiger partial charge in [-0.05, 0) is 50.3 Å². The molecule has 1 fully saturated rings. The van der Waals surface area contributed by atoms with Crippen molar-refractivity contribution in [2.45, 2.75) is 105 Å². The number of hydrogen-bond acceptors (Lipinski definition) is 8. The third kappa shape index (κ3) is 8.78. The Balaban J connectivity index is 2.43. The zero-order valence-electron chi connectivity index (χ0n) is 24.1. The monoisotopic (exact) mass is 547 g/mol. The van der Waals surface area contributed by atoms with Crippen LogP contribution in [0.15, 0.2) is 18.2 Å². The summed E-state index contributed by atoms with van der Waals surface area (Å²) in [6, 6.07) is 3.27. The van der Waals surface area contributed by atoms with Crippen molar-refractivity contribution < 1.29 is 38.5 Å². The topological polar surface area (TPSA) is 142 Å². The molecule has 9 nitrogen and oxygen atoms in total.